The zero-order valence-electron chi connectivity index (χ0n) is 16.7. The number of carbonyl (C=O) groups is 1. The maximum atomic E-state index is 13.0. The van der Waals surface area contributed by atoms with Crippen LogP contribution in [0.25, 0.3) is 0 Å². The lowest BCUT2D eigenvalue weighted by Crippen LogP contribution is -2.48. The molecular weight excluding hydrogens is 405 g/mol. The van der Waals surface area contributed by atoms with Crippen molar-refractivity contribution in [2.75, 3.05) is 31.1 Å². The molecule has 0 aliphatic carbocycles. The van der Waals surface area contributed by atoms with Crippen LogP contribution >= 0.6 is 0 Å². The number of ether oxygens (including phenoxy) is 1. The molecule has 3 aromatic rings. The van der Waals surface area contributed by atoms with E-state index in [1.807, 2.05) is 35.2 Å². The van der Waals surface area contributed by atoms with E-state index in [1.165, 1.54) is 6.07 Å². The van der Waals surface area contributed by atoms with Gasteiger partial charge in [0.15, 0.2) is 0 Å². The Morgan fingerprint density at radius 1 is 0.774 bits per heavy atom. The van der Waals surface area contributed by atoms with Crippen molar-refractivity contribution in [2.24, 2.45) is 0 Å². The van der Waals surface area contributed by atoms with Gasteiger partial charge in [-0.05, 0) is 48.5 Å². The second kappa shape index (κ2) is 8.71. The molecule has 0 atom stereocenters. The summed E-state index contributed by atoms with van der Waals surface area (Å²) in [5.41, 5.74) is 0.361. The van der Waals surface area contributed by atoms with Gasteiger partial charge in [-0.1, -0.05) is 30.3 Å². The van der Waals surface area contributed by atoms with Crippen molar-refractivity contribution in [3.05, 3.63) is 90.0 Å². The predicted octanol–water partition coefficient (Wildman–Crippen LogP) is 5.46. The summed E-state index contributed by atoms with van der Waals surface area (Å²) in [5, 5.41) is 0. The molecule has 1 aliphatic rings. The van der Waals surface area contributed by atoms with Gasteiger partial charge in [-0.3, -0.25) is 4.79 Å². The van der Waals surface area contributed by atoms with Crippen LogP contribution in [0, 0.1) is 0 Å². The molecule has 1 fully saturated rings. The summed E-state index contributed by atoms with van der Waals surface area (Å²) in [7, 11) is 0. The highest BCUT2D eigenvalue weighted by Gasteiger charge is 2.31. The lowest BCUT2D eigenvalue weighted by Gasteiger charge is -2.36. The molecule has 0 N–H and O–H groups in total. The average Bonchev–Trinajstić information content (AvgIpc) is 2.79. The maximum absolute atomic E-state index is 13.0. The summed E-state index contributed by atoms with van der Waals surface area (Å²) < 4.78 is 44.7. The molecule has 0 aromatic heterocycles. The first-order valence-electron chi connectivity index (χ1n) is 9.94. The highest BCUT2D eigenvalue weighted by atomic mass is 19.4. The fourth-order valence-electron chi connectivity index (χ4n) is 3.55. The van der Waals surface area contributed by atoms with E-state index in [-0.39, 0.29) is 5.91 Å². The first kappa shape index (κ1) is 20.8. The summed E-state index contributed by atoms with van der Waals surface area (Å²) in [6, 6.07) is 21.6. The third kappa shape index (κ3) is 4.99. The molecule has 1 aliphatic heterocycles. The van der Waals surface area contributed by atoms with Gasteiger partial charge in [-0.15, -0.1) is 0 Å². The van der Waals surface area contributed by atoms with E-state index in [2.05, 4.69) is 0 Å². The Morgan fingerprint density at radius 3 is 2.16 bits per heavy atom. The van der Waals surface area contributed by atoms with Crippen LogP contribution in [-0.2, 0) is 6.18 Å². The van der Waals surface area contributed by atoms with Crippen LogP contribution in [0.1, 0.15) is 15.9 Å². The fraction of sp³-hybridized carbons (Fsp3) is 0.208. The number of rotatable bonds is 4. The van der Waals surface area contributed by atoms with Gasteiger partial charge < -0.3 is 14.5 Å². The molecule has 0 radical (unpaired) electrons. The molecule has 1 amide bonds. The van der Waals surface area contributed by atoms with Crippen molar-refractivity contribution < 1.29 is 22.7 Å². The monoisotopic (exact) mass is 426 g/mol. The van der Waals surface area contributed by atoms with Crippen molar-refractivity contribution >= 4 is 11.6 Å². The van der Waals surface area contributed by atoms with Crippen LogP contribution in [-0.4, -0.2) is 37.0 Å². The largest absolute Gasteiger partial charge is 0.457 e. The van der Waals surface area contributed by atoms with E-state index < -0.39 is 11.7 Å². The van der Waals surface area contributed by atoms with Gasteiger partial charge in [-0.2, -0.15) is 13.2 Å². The molecule has 4 nitrogen and oxygen atoms in total. The van der Waals surface area contributed by atoms with E-state index in [0.717, 1.165) is 12.1 Å². The van der Waals surface area contributed by atoms with Crippen molar-refractivity contribution in [1.82, 2.24) is 4.90 Å². The Labute approximate surface area is 178 Å². The zero-order valence-corrected chi connectivity index (χ0v) is 16.7. The Bertz CT molecular complexity index is 1050. The summed E-state index contributed by atoms with van der Waals surface area (Å²) in [6.45, 7) is 1.79. The first-order chi connectivity index (χ1) is 14.9. The summed E-state index contributed by atoms with van der Waals surface area (Å²) in [6.07, 6.45) is -4.37. The standard InChI is InChI=1S/C24H21F3N2O2/c25-24(26,27)19-7-5-8-20(17-19)28-12-14-29(15-13-28)23(30)18-6-4-11-22(16-18)31-21-9-2-1-3-10-21/h1-11,16-17H,12-15H2. The van der Waals surface area contributed by atoms with Gasteiger partial charge in [0, 0.05) is 37.4 Å². The van der Waals surface area contributed by atoms with Crippen LogP contribution in [0.5, 0.6) is 11.5 Å². The summed E-state index contributed by atoms with van der Waals surface area (Å²) >= 11 is 0. The quantitative estimate of drug-likeness (QED) is 0.555. The van der Waals surface area contributed by atoms with Crippen LogP contribution in [0.15, 0.2) is 78.9 Å². The summed E-state index contributed by atoms with van der Waals surface area (Å²) in [5.74, 6) is 1.13. The Kier molecular flexibility index (Phi) is 5.84. The fourth-order valence-corrected chi connectivity index (χ4v) is 3.55. The Morgan fingerprint density at radius 2 is 1.45 bits per heavy atom. The Balaban J connectivity index is 1.40. The number of nitrogens with zero attached hydrogens (tertiary/aromatic N) is 2. The van der Waals surface area contributed by atoms with Crippen LogP contribution in [0.2, 0.25) is 0 Å². The molecular formula is C24H21F3N2O2. The van der Waals surface area contributed by atoms with E-state index in [0.29, 0.717) is 48.9 Å². The number of piperazine rings is 1. The topological polar surface area (TPSA) is 32.8 Å². The van der Waals surface area contributed by atoms with Gasteiger partial charge >= 0.3 is 6.18 Å². The molecule has 7 heteroatoms. The molecule has 0 unspecified atom stereocenters. The number of halogens is 3. The SMILES string of the molecule is O=C(c1cccc(Oc2ccccc2)c1)N1CCN(c2cccc(C(F)(F)F)c2)CC1. The Hall–Kier alpha value is -3.48. The number of amides is 1. The van der Waals surface area contributed by atoms with Crippen molar-refractivity contribution in [2.45, 2.75) is 6.18 Å². The number of anilines is 1. The minimum absolute atomic E-state index is 0.123. The molecule has 4 rings (SSSR count). The number of hydrogen-bond acceptors (Lipinski definition) is 3. The van der Waals surface area contributed by atoms with E-state index in [9.17, 15) is 18.0 Å². The highest BCUT2D eigenvalue weighted by molar-refractivity contribution is 5.94. The molecule has 160 valence electrons. The number of carbonyl (C=O) groups excluding carboxylic acids is 1. The molecule has 0 saturated carbocycles. The predicted molar refractivity (Wildman–Crippen MR) is 113 cm³/mol. The first-order valence-corrected chi connectivity index (χ1v) is 9.94. The van der Waals surface area contributed by atoms with E-state index >= 15 is 0 Å². The van der Waals surface area contributed by atoms with Gasteiger partial charge in [0.05, 0.1) is 5.56 Å². The minimum Gasteiger partial charge on any atom is -0.457 e. The second-order valence-corrected chi connectivity index (χ2v) is 7.27. The van der Waals surface area contributed by atoms with Crippen molar-refractivity contribution in [1.29, 1.82) is 0 Å². The number of para-hydroxylation sites is 1. The lowest BCUT2D eigenvalue weighted by atomic mass is 10.1. The molecule has 0 spiro atoms. The highest BCUT2D eigenvalue weighted by Crippen LogP contribution is 2.32. The van der Waals surface area contributed by atoms with Crippen molar-refractivity contribution in [3.8, 4) is 11.5 Å². The van der Waals surface area contributed by atoms with E-state index in [1.54, 1.807) is 35.2 Å². The molecule has 3 aromatic carbocycles. The number of hydrogen-bond donors (Lipinski definition) is 0. The molecule has 1 heterocycles. The van der Waals surface area contributed by atoms with Gasteiger partial charge in [-0.25, -0.2) is 0 Å². The summed E-state index contributed by atoms with van der Waals surface area (Å²) in [4.78, 5) is 16.5. The normalized spacial score (nSPS) is 14.4. The third-order valence-corrected chi connectivity index (χ3v) is 5.17. The van der Waals surface area contributed by atoms with Gasteiger partial charge in [0.25, 0.3) is 5.91 Å². The second-order valence-electron chi connectivity index (χ2n) is 7.27. The van der Waals surface area contributed by atoms with Crippen LogP contribution < -0.4 is 9.64 Å². The maximum Gasteiger partial charge on any atom is 0.416 e. The molecule has 31 heavy (non-hydrogen) atoms. The van der Waals surface area contributed by atoms with Crippen LogP contribution in [0.3, 0.4) is 0 Å². The number of benzene rings is 3. The number of alkyl halides is 3. The lowest BCUT2D eigenvalue weighted by molar-refractivity contribution is -0.137. The van der Waals surface area contributed by atoms with Crippen molar-refractivity contribution in [3.63, 3.8) is 0 Å². The van der Waals surface area contributed by atoms with Gasteiger partial charge in [0.2, 0.25) is 0 Å². The molecule has 1 saturated heterocycles. The third-order valence-electron chi connectivity index (χ3n) is 5.17. The van der Waals surface area contributed by atoms with Crippen LogP contribution in [0.4, 0.5) is 18.9 Å². The minimum atomic E-state index is -4.37. The smallest absolute Gasteiger partial charge is 0.416 e. The van der Waals surface area contributed by atoms with E-state index in [4.69, 9.17) is 4.74 Å². The van der Waals surface area contributed by atoms with Gasteiger partial charge in [0.1, 0.15) is 11.5 Å². The average molecular weight is 426 g/mol. The zero-order chi connectivity index (χ0) is 21.8. The molecule has 0 bridgehead atoms.